The summed E-state index contributed by atoms with van der Waals surface area (Å²) in [5.74, 6) is -3.66. The molecule has 10 nitrogen and oxygen atoms in total. The van der Waals surface area contributed by atoms with Crippen molar-refractivity contribution in [2.24, 2.45) is 0 Å². The summed E-state index contributed by atoms with van der Waals surface area (Å²) in [5, 5.41) is 50.7. The molecule has 0 aliphatic rings. The number of aliphatic hydroxyl groups is 5. The molecule has 0 spiro atoms. The Bertz CT molecular complexity index is 825. The number of carbonyl (C=O) groups excluding carboxylic acids is 2. The van der Waals surface area contributed by atoms with Crippen molar-refractivity contribution < 1.29 is 44.6 Å². The van der Waals surface area contributed by atoms with Crippen LogP contribution in [0.4, 0.5) is 0 Å². The number of hydrogen-bond acceptors (Lipinski definition) is 10. The van der Waals surface area contributed by atoms with E-state index in [9.17, 15) is 35.1 Å². The van der Waals surface area contributed by atoms with Crippen molar-refractivity contribution in [3.05, 3.63) is 0 Å². The van der Waals surface area contributed by atoms with E-state index in [0.717, 1.165) is 57.8 Å². The van der Waals surface area contributed by atoms with E-state index in [4.69, 9.17) is 9.47 Å². The smallest absolute Gasteiger partial charge is 0.366 e. The van der Waals surface area contributed by atoms with Crippen molar-refractivity contribution in [3.63, 3.8) is 0 Å². The zero-order valence-corrected chi connectivity index (χ0v) is 35.3. The molecule has 54 heavy (non-hydrogen) atoms. The lowest BCUT2D eigenvalue weighted by Gasteiger charge is -2.29. The highest BCUT2D eigenvalue weighted by Gasteiger charge is 2.36. The predicted octanol–water partition coefficient (Wildman–Crippen LogP) is 9.60. The molecule has 5 N–H and O–H groups in total. The fourth-order valence-electron chi connectivity index (χ4n) is 6.95. The summed E-state index contributed by atoms with van der Waals surface area (Å²) < 4.78 is 11.1. The summed E-state index contributed by atoms with van der Waals surface area (Å²) in [6.45, 7) is 7.98. The molecule has 0 aliphatic carbocycles. The van der Waals surface area contributed by atoms with Crippen LogP contribution in [-0.2, 0) is 19.1 Å². The monoisotopic (exact) mass is 774 g/mol. The Balaban J connectivity index is 4.40. The first-order valence-corrected chi connectivity index (χ1v) is 22.7. The second-order valence-corrected chi connectivity index (χ2v) is 15.8. The van der Waals surface area contributed by atoms with E-state index in [1.165, 1.54) is 96.3 Å². The zero-order chi connectivity index (χ0) is 40.1. The van der Waals surface area contributed by atoms with Gasteiger partial charge < -0.3 is 35.0 Å². The molecule has 0 saturated heterocycles. The maximum Gasteiger partial charge on any atom is 0.366 e. The van der Waals surface area contributed by atoms with Crippen LogP contribution in [0.25, 0.3) is 0 Å². The molecule has 322 valence electrons. The van der Waals surface area contributed by atoms with Crippen molar-refractivity contribution in [1.82, 2.24) is 4.90 Å². The molecular weight excluding hydrogens is 686 g/mol. The lowest BCUT2D eigenvalue weighted by molar-refractivity contribution is -0.217. The third-order valence-electron chi connectivity index (χ3n) is 10.6. The molecular formula is C44H87NO9. The number of ether oxygens (including phenoxy) is 2. The third-order valence-corrected chi connectivity index (χ3v) is 10.6. The van der Waals surface area contributed by atoms with Gasteiger partial charge in [-0.05, 0) is 57.8 Å². The molecule has 0 aromatic heterocycles. The van der Waals surface area contributed by atoms with Crippen molar-refractivity contribution in [1.29, 1.82) is 0 Å². The maximum absolute atomic E-state index is 12.8. The van der Waals surface area contributed by atoms with Crippen molar-refractivity contribution in [3.8, 4) is 0 Å². The van der Waals surface area contributed by atoms with Crippen molar-refractivity contribution in [2.45, 2.75) is 251 Å². The van der Waals surface area contributed by atoms with E-state index in [2.05, 4.69) is 20.8 Å². The minimum atomic E-state index is -2.52. The summed E-state index contributed by atoms with van der Waals surface area (Å²) in [7, 11) is 0. The minimum absolute atomic E-state index is 0.115. The Morgan fingerprint density at radius 3 is 1.43 bits per heavy atom. The number of nitrogens with zero attached hydrogens (tertiary/aromatic N) is 1. The molecule has 0 amide bonds. The highest BCUT2D eigenvalue weighted by Crippen LogP contribution is 2.22. The molecule has 0 heterocycles. The van der Waals surface area contributed by atoms with Gasteiger partial charge in [-0.1, -0.05) is 156 Å². The van der Waals surface area contributed by atoms with Crippen LogP contribution in [0.1, 0.15) is 226 Å². The molecule has 0 fully saturated rings. The number of aliphatic hydroxyl groups excluding tert-OH is 2. The lowest BCUT2D eigenvalue weighted by Crippen LogP contribution is -2.44. The number of unbranched alkanes of at least 4 members (excludes halogenated alkanes) is 23. The minimum Gasteiger partial charge on any atom is -0.466 e. The number of carbonyl (C=O) groups is 2. The number of rotatable bonds is 41. The summed E-state index contributed by atoms with van der Waals surface area (Å²) >= 11 is 0. The van der Waals surface area contributed by atoms with E-state index in [1.54, 1.807) is 4.90 Å². The molecule has 0 saturated carbocycles. The lowest BCUT2D eigenvalue weighted by atomic mass is 10.0. The van der Waals surface area contributed by atoms with E-state index in [1.807, 2.05) is 0 Å². The van der Waals surface area contributed by atoms with Gasteiger partial charge >= 0.3 is 11.9 Å². The summed E-state index contributed by atoms with van der Waals surface area (Å²) in [5.41, 5.74) is 0. The molecule has 0 rings (SSSR count). The molecule has 0 aliphatic heterocycles. The van der Waals surface area contributed by atoms with Crippen molar-refractivity contribution >= 4 is 11.9 Å². The topological polar surface area (TPSA) is 157 Å². The van der Waals surface area contributed by atoms with Crippen LogP contribution >= 0.6 is 0 Å². The fourth-order valence-corrected chi connectivity index (χ4v) is 6.95. The first-order valence-electron chi connectivity index (χ1n) is 22.7. The van der Waals surface area contributed by atoms with Gasteiger partial charge in [-0.15, -0.1) is 0 Å². The average Bonchev–Trinajstić information content (AvgIpc) is 3.14. The molecule has 0 radical (unpaired) electrons. The Morgan fingerprint density at radius 1 is 0.537 bits per heavy atom. The van der Waals surface area contributed by atoms with E-state index in [-0.39, 0.29) is 18.5 Å². The van der Waals surface area contributed by atoms with Gasteiger partial charge in [0.1, 0.15) is 6.10 Å². The van der Waals surface area contributed by atoms with Gasteiger partial charge in [0.2, 0.25) is 0 Å². The molecule has 10 heteroatoms. The summed E-state index contributed by atoms with van der Waals surface area (Å²) in [6.07, 6.45) is 27.4. The largest absolute Gasteiger partial charge is 0.466 e. The first-order chi connectivity index (χ1) is 26.1. The summed E-state index contributed by atoms with van der Waals surface area (Å²) in [6, 6.07) is 0. The number of esters is 2. The Labute approximate surface area is 331 Å². The Kier molecular flexibility index (Phi) is 36.4. The van der Waals surface area contributed by atoms with Gasteiger partial charge in [0, 0.05) is 25.9 Å². The molecule has 0 aromatic rings. The van der Waals surface area contributed by atoms with E-state index >= 15 is 0 Å². The van der Waals surface area contributed by atoms with Crippen LogP contribution in [0.3, 0.4) is 0 Å². The summed E-state index contributed by atoms with van der Waals surface area (Å²) in [4.78, 5) is 26.6. The van der Waals surface area contributed by atoms with Gasteiger partial charge in [0.15, 0.2) is 12.5 Å². The van der Waals surface area contributed by atoms with Crippen LogP contribution in [0.15, 0.2) is 0 Å². The van der Waals surface area contributed by atoms with Crippen LogP contribution in [0, 0.1) is 0 Å². The quantitative estimate of drug-likeness (QED) is 0.0230. The molecule has 0 bridgehead atoms. The van der Waals surface area contributed by atoms with Gasteiger partial charge in [-0.3, -0.25) is 9.69 Å². The van der Waals surface area contributed by atoms with Gasteiger partial charge in [0.05, 0.1) is 6.61 Å². The fraction of sp³-hybridized carbons (Fsp3) is 0.955. The van der Waals surface area contributed by atoms with E-state index in [0.29, 0.717) is 64.6 Å². The van der Waals surface area contributed by atoms with Crippen LogP contribution in [0.2, 0.25) is 0 Å². The molecule has 0 aromatic carbocycles. The van der Waals surface area contributed by atoms with Crippen LogP contribution < -0.4 is 0 Å². The van der Waals surface area contributed by atoms with Gasteiger partial charge in [0.25, 0.3) is 5.79 Å². The molecule has 1 atom stereocenters. The SMILES string of the molecule is CCCCCCCCCCCOC(=O)CCCCCN(CCCCCCC(O)(O)C(=O)OC(CCCCCCCC)CCCCCCCC)C(O)C(O)O. The second-order valence-electron chi connectivity index (χ2n) is 15.8. The Morgan fingerprint density at radius 2 is 0.944 bits per heavy atom. The highest BCUT2D eigenvalue weighted by atomic mass is 16.6. The van der Waals surface area contributed by atoms with Gasteiger partial charge in [-0.25, -0.2) is 4.79 Å². The van der Waals surface area contributed by atoms with Crippen LogP contribution in [-0.4, -0.2) is 86.5 Å². The normalized spacial score (nSPS) is 12.6. The predicted molar refractivity (Wildman–Crippen MR) is 219 cm³/mol. The standard InChI is InChI=1S/C44H87NO9/c1-4-7-10-13-16-17-18-23-31-38-53-40(46)34-27-24-30-37-45(41(47)42(48)49)36-29-22-21-28-35-44(51,52)43(50)54-39(32-25-19-14-11-8-5-2)33-26-20-15-12-9-6-3/h39,41-42,47-49,51-52H,4-38H2,1-3H3. The second kappa shape index (κ2) is 37.3. The molecule has 1 unspecified atom stereocenters. The Hall–Kier alpha value is -1.30. The third kappa shape index (κ3) is 31.9. The zero-order valence-electron chi connectivity index (χ0n) is 35.3. The first kappa shape index (κ1) is 52.7. The number of hydrogen-bond donors (Lipinski definition) is 5. The van der Waals surface area contributed by atoms with E-state index < -0.39 is 24.3 Å². The maximum atomic E-state index is 12.8. The average molecular weight is 774 g/mol. The van der Waals surface area contributed by atoms with Crippen molar-refractivity contribution in [2.75, 3.05) is 19.7 Å². The van der Waals surface area contributed by atoms with Gasteiger partial charge in [-0.2, -0.15) is 0 Å². The van der Waals surface area contributed by atoms with Crippen LogP contribution in [0.5, 0.6) is 0 Å². The highest BCUT2D eigenvalue weighted by molar-refractivity contribution is 5.77.